The van der Waals surface area contributed by atoms with Crippen LogP contribution >= 0.6 is 0 Å². The van der Waals surface area contributed by atoms with Gasteiger partial charge in [0.15, 0.2) is 0 Å². The van der Waals surface area contributed by atoms with E-state index in [9.17, 15) is 9.59 Å². The quantitative estimate of drug-likeness (QED) is 0.724. The van der Waals surface area contributed by atoms with Crippen molar-refractivity contribution in [3.63, 3.8) is 0 Å². The van der Waals surface area contributed by atoms with Crippen LogP contribution in [0.15, 0.2) is 48.5 Å². The highest BCUT2D eigenvalue weighted by atomic mass is 16.2. The molecule has 5 heteroatoms. The summed E-state index contributed by atoms with van der Waals surface area (Å²) in [4.78, 5) is 24.2. The summed E-state index contributed by atoms with van der Waals surface area (Å²) >= 11 is 0. The van der Waals surface area contributed by atoms with Gasteiger partial charge in [0.25, 0.3) is 0 Å². The van der Waals surface area contributed by atoms with Crippen LogP contribution in [0.2, 0.25) is 0 Å². The van der Waals surface area contributed by atoms with E-state index in [4.69, 9.17) is 5.73 Å². The number of carbonyl (C=O) groups is 2. The summed E-state index contributed by atoms with van der Waals surface area (Å²) < 4.78 is 0. The molecular weight excluding hydrogens is 314 g/mol. The molecule has 25 heavy (non-hydrogen) atoms. The molecule has 2 rings (SSSR count). The molecule has 0 atom stereocenters. The molecule has 4 N–H and O–H groups in total. The highest BCUT2D eigenvalue weighted by Crippen LogP contribution is 2.20. The van der Waals surface area contributed by atoms with Crippen LogP contribution < -0.4 is 16.4 Å². The number of nitrogens with two attached hydrogens (primary N) is 1. The first-order chi connectivity index (χ1) is 11.7. The third-order valence-electron chi connectivity index (χ3n) is 3.71. The Balaban J connectivity index is 1.91. The van der Waals surface area contributed by atoms with Gasteiger partial charge in [-0.05, 0) is 42.3 Å². The smallest absolute Gasteiger partial charge is 0.229 e. The lowest BCUT2D eigenvalue weighted by atomic mass is 9.95. The maximum absolute atomic E-state index is 12.1. The molecule has 2 amide bonds. The number of nitrogens with one attached hydrogen (secondary N) is 2. The molecule has 0 saturated heterocycles. The van der Waals surface area contributed by atoms with Gasteiger partial charge < -0.3 is 16.4 Å². The highest BCUT2D eigenvalue weighted by Gasteiger charge is 2.21. The SMILES string of the molecule is CC(C)(C)C(=O)Nc1cccc(NC(=O)CCc2ccc(N)cc2)c1. The fourth-order valence-corrected chi connectivity index (χ4v) is 2.16. The van der Waals surface area contributed by atoms with Crippen LogP contribution in [0.3, 0.4) is 0 Å². The zero-order valence-corrected chi connectivity index (χ0v) is 14.9. The van der Waals surface area contributed by atoms with Crippen molar-refractivity contribution in [3.05, 3.63) is 54.1 Å². The van der Waals surface area contributed by atoms with Crippen molar-refractivity contribution in [2.45, 2.75) is 33.6 Å². The minimum absolute atomic E-state index is 0.0701. The molecule has 0 aliphatic heterocycles. The normalized spacial score (nSPS) is 11.0. The van der Waals surface area contributed by atoms with Gasteiger partial charge in [0.2, 0.25) is 11.8 Å². The number of hydrogen-bond donors (Lipinski definition) is 3. The molecule has 0 unspecified atom stereocenters. The van der Waals surface area contributed by atoms with Crippen molar-refractivity contribution in [1.29, 1.82) is 0 Å². The third-order valence-corrected chi connectivity index (χ3v) is 3.71. The first-order valence-corrected chi connectivity index (χ1v) is 8.30. The third kappa shape index (κ3) is 5.95. The van der Waals surface area contributed by atoms with Crippen molar-refractivity contribution in [1.82, 2.24) is 0 Å². The lowest BCUT2D eigenvalue weighted by Gasteiger charge is -2.18. The molecule has 0 fully saturated rings. The second kappa shape index (κ2) is 7.83. The van der Waals surface area contributed by atoms with Crippen LogP contribution in [0, 0.1) is 5.41 Å². The van der Waals surface area contributed by atoms with E-state index >= 15 is 0 Å². The van der Waals surface area contributed by atoms with Crippen LogP contribution in [-0.4, -0.2) is 11.8 Å². The Morgan fingerprint density at radius 2 is 1.56 bits per heavy atom. The molecule has 2 aromatic rings. The molecule has 0 spiro atoms. The number of rotatable bonds is 5. The first kappa shape index (κ1) is 18.5. The minimum Gasteiger partial charge on any atom is -0.399 e. The van der Waals surface area contributed by atoms with E-state index in [0.29, 0.717) is 29.9 Å². The molecular formula is C20H25N3O2. The summed E-state index contributed by atoms with van der Waals surface area (Å²) in [7, 11) is 0. The average molecular weight is 339 g/mol. The van der Waals surface area contributed by atoms with Gasteiger partial charge in [0.05, 0.1) is 0 Å². The standard InChI is InChI=1S/C20H25N3O2/c1-20(2,3)19(25)23-17-6-4-5-16(13-17)22-18(24)12-9-14-7-10-15(21)11-8-14/h4-8,10-11,13H,9,12,21H2,1-3H3,(H,22,24)(H,23,25). The maximum atomic E-state index is 12.1. The Kier molecular flexibility index (Phi) is 5.80. The van der Waals surface area contributed by atoms with E-state index in [0.717, 1.165) is 5.56 Å². The van der Waals surface area contributed by atoms with Crippen molar-refractivity contribution >= 4 is 28.9 Å². The van der Waals surface area contributed by atoms with E-state index in [1.54, 1.807) is 24.3 Å². The largest absolute Gasteiger partial charge is 0.399 e. The Hall–Kier alpha value is -2.82. The number of benzene rings is 2. The van der Waals surface area contributed by atoms with Crippen molar-refractivity contribution in [2.24, 2.45) is 5.41 Å². The molecule has 0 aliphatic carbocycles. The Bertz CT molecular complexity index is 746. The van der Waals surface area contributed by atoms with E-state index < -0.39 is 5.41 Å². The minimum atomic E-state index is -0.474. The maximum Gasteiger partial charge on any atom is 0.229 e. The summed E-state index contributed by atoms with van der Waals surface area (Å²) in [5.74, 6) is -0.143. The van der Waals surface area contributed by atoms with Gasteiger partial charge in [0.1, 0.15) is 0 Å². The van der Waals surface area contributed by atoms with Crippen LogP contribution in [0.4, 0.5) is 17.1 Å². The van der Waals surface area contributed by atoms with E-state index in [1.807, 2.05) is 45.0 Å². The first-order valence-electron chi connectivity index (χ1n) is 8.30. The molecule has 5 nitrogen and oxygen atoms in total. The second-order valence-electron chi connectivity index (χ2n) is 7.07. The van der Waals surface area contributed by atoms with Crippen LogP contribution in [0.5, 0.6) is 0 Å². The average Bonchev–Trinajstić information content (AvgIpc) is 2.54. The Labute approximate surface area is 148 Å². The lowest BCUT2D eigenvalue weighted by Crippen LogP contribution is -2.27. The fourth-order valence-electron chi connectivity index (χ4n) is 2.16. The zero-order chi connectivity index (χ0) is 18.4. The summed E-state index contributed by atoms with van der Waals surface area (Å²) in [6.45, 7) is 5.56. The van der Waals surface area contributed by atoms with Gasteiger partial charge in [-0.25, -0.2) is 0 Å². The summed E-state index contributed by atoms with van der Waals surface area (Å²) in [6.07, 6.45) is 1.02. The van der Waals surface area contributed by atoms with Gasteiger partial charge in [-0.2, -0.15) is 0 Å². The van der Waals surface area contributed by atoms with Crippen molar-refractivity contribution in [2.75, 3.05) is 16.4 Å². The molecule has 0 heterocycles. The van der Waals surface area contributed by atoms with Gasteiger partial charge in [-0.1, -0.05) is 39.0 Å². The molecule has 0 aromatic heterocycles. The number of aryl methyl sites for hydroxylation is 1. The van der Waals surface area contributed by atoms with Crippen LogP contribution in [0.1, 0.15) is 32.8 Å². The predicted octanol–water partition coefficient (Wildman–Crippen LogP) is 3.82. The molecule has 2 aromatic carbocycles. The number of hydrogen-bond acceptors (Lipinski definition) is 3. The Morgan fingerprint density at radius 3 is 2.16 bits per heavy atom. The highest BCUT2D eigenvalue weighted by molar-refractivity contribution is 5.96. The van der Waals surface area contributed by atoms with Gasteiger partial charge in [-0.3, -0.25) is 9.59 Å². The topological polar surface area (TPSA) is 84.2 Å². The Morgan fingerprint density at radius 1 is 0.960 bits per heavy atom. The number of amides is 2. The number of nitrogen functional groups attached to an aromatic ring is 1. The fraction of sp³-hybridized carbons (Fsp3) is 0.300. The van der Waals surface area contributed by atoms with E-state index in [2.05, 4.69) is 10.6 Å². The lowest BCUT2D eigenvalue weighted by molar-refractivity contribution is -0.123. The summed E-state index contributed by atoms with van der Waals surface area (Å²) in [5.41, 5.74) is 8.28. The molecule has 0 saturated carbocycles. The molecule has 0 bridgehead atoms. The number of carbonyl (C=O) groups excluding carboxylic acids is 2. The van der Waals surface area contributed by atoms with Crippen LogP contribution in [-0.2, 0) is 16.0 Å². The zero-order valence-electron chi connectivity index (χ0n) is 14.9. The predicted molar refractivity (Wildman–Crippen MR) is 102 cm³/mol. The van der Waals surface area contributed by atoms with Crippen molar-refractivity contribution in [3.8, 4) is 0 Å². The molecule has 132 valence electrons. The van der Waals surface area contributed by atoms with E-state index in [1.165, 1.54) is 0 Å². The van der Waals surface area contributed by atoms with Gasteiger partial charge in [-0.15, -0.1) is 0 Å². The second-order valence-corrected chi connectivity index (χ2v) is 7.07. The van der Waals surface area contributed by atoms with Gasteiger partial charge >= 0.3 is 0 Å². The molecule has 0 radical (unpaired) electrons. The molecule has 0 aliphatic rings. The summed E-state index contributed by atoms with van der Waals surface area (Å²) in [5, 5.41) is 5.72. The van der Waals surface area contributed by atoms with Gasteiger partial charge in [0, 0.05) is 28.9 Å². The number of anilines is 3. The monoisotopic (exact) mass is 339 g/mol. The van der Waals surface area contributed by atoms with Crippen LogP contribution in [0.25, 0.3) is 0 Å². The summed E-state index contributed by atoms with van der Waals surface area (Å²) in [6, 6.07) is 14.7. The van der Waals surface area contributed by atoms with E-state index in [-0.39, 0.29) is 11.8 Å². The van der Waals surface area contributed by atoms with Crippen molar-refractivity contribution < 1.29 is 9.59 Å².